The normalized spacial score (nSPS) is 12.2. The standard InChI is InChI=1S/C15H14ClF2NO/c1-9(19)11-7-10(16)5-6-15(11)20-8-12-13(17)3-2-4-14(12)18/h2-7,9H,8,19H2,1H3/t9-/m0/s1. The molecular formula is C15H14ClF2NO. The lowest BCUT2D eigenvalue weighted by Gasteiger charge is -2.15. The molecule has 0 spiro atoms. The average Bonchev–Trinajstić information content (AvgIpc) is 2.39. The van der Waals surface area contributed by atoms with Crippen LogP contribution in [0, 0.1) is 11.6 Å². The van der Waals surface area contributed by atoms with E-state index >= 15 is 0 Å². The third-order valence-corrected chi connectivity index (χ3v) is 3.13. The van der Waals surface area contributed by atoms with E-state index in [1.54, 1.807) is 25.1 Å². The molecule has 0 saturated carbocycles. The first-order chi connectivity index (χ1) is 9.49. The monoisotopic (exact) mass is 297 g/mol. The van der Waals surface area contributed by atoms with Crippen molar-refractivity contribution in [3.8, 4) is 5.75 Å². The van der Waals surface area contributed by atoms with Gasteiger partial charge in [-0.2, -0.15) is 0 Å². The summed E-state index contributed by atoms with van der Waals surface area (Å²) in [5.74, 6) is -0.810. The molecule has 0 bridgehead atoms. The largest absolute Gasteiger partial charge is 0.488 e. The number of benzene rings is 2. The van der Waals surface area contributed by atoms with E-state index in [9.17, 15) is 8.78 Å². The van der Waals surface area contributed by atoms with Crippen LogP contribution in [0.1, 0.15) is 24.1 Å². The summed E-state index contributed by atoms with van der Waals surface area (Å²) in [7, 11) is 0. The molecule has 106 valence electrons. The number of hydrogen-bond donors (Lipinski definition) is 1. The van der Waals surface area contributed by atoms with Gasteiger partial charge < -0.3 is 10.5 Å². The Morgan fingerprint density at radius 3 is 2.45 bits per heavy atom. The molecule has 0 heterocycles. The fraction of sp³-hybridized carbons (Fsp3) is 0.200. The van der Waals surface area contributed by atoms with Crippen molar-refractivity contribution in [1.82, 2.24) is 0 Å². The van der Waals surface area contributed by atoms with Crippen LogP contribution in [0.4, 0.5) is 8.78 Å². The van der Waals surface area contributed by atoms with Crippen molar-refractivity contribution in [1.29, 1.82) is 0 Å². The molecule has 2 nitrogen and oxygen atoms in total. The highest BCUT2D eigenvalue weighted by Crippen LogP contribution is 2.28. The fourth-order valence-corrected chi connectivity index (χ4v) is 2.01. The molecule has 0 amide bonds. The molecule has 20 heavy (non-hydrogen) atoms. The van der Waals surface area contributed by atoms with E-state index in [0.717, 1.165) is 0 Å². The molecule has 0 aliphatic rings. The Bertz CT molecular complexity index is 597. The Morgan fingerprint density at radius 2 is 1.85 bits per heavy atom. The molecule has 2 rings (SSSR count). The summed E-state index contributed by atoms with van der Waals surface area (Å²) >= 11 is 5.90. The Balaban J connectivity index is 2.23. The van der Waals surface area contributed by atoms with Crippen molar-refractivity contribution in [2.75, 3.05) is 0 Å². The van der Waals surface area contributed by atoms with Crippen molar-refractivity contribution < 1.29 is 13.5 Å². The Labute approximate surface area is 121 Å². The van der Waals surface area contributed by atoms with Crippen LogP contribution < -0.4 is 10.5 Å². The van der Waals surface area contributed by atoms with Gasteiger partial charge in [0, 0.05) is 16.6 Å². The predicted octanol–water partition coefficient (Wildman–Crippen LogP) is 4.22. The molecule has 0 unspecified atom stereocenters. The first-order valence-corrected chi connectivity index (χ1v) is 6.47. The number of rotatable bonds is 4. The molecule has 0 aliphatic carbocycles. The van der Waals surface area contributed by atoms with Crippen molar-refractivity contribution in [2.24, 2.45) is 5.73 Å². The van der Waals surface area contributed by atoms with Gasteiger partial charge in [0.05, 0.1) is 5.56 Å². The van der Waals surface area contributed by atoms with Crippen molar-refractivity contribution in [3.05, 3.63) is 64.2 Å². The predicted molar refractivity (Wildman–Crippen MR) is 74.7 cm³/mol. The van der Waals surface area contributed by atoms with Crippen LogP contribution >= 0.6 is 11.6 Å². The minimum absolute atomic E-state index is 0.113. The van der Waals surface area contributed by atoms with E-state index in [1.807, 2.05) is 0 Å². The van der Waals surface area contributed by atoms with Gasteiger partial charge in [-0.1, -0.05) is 17.7 Å². The highest BCUT2D eigenvalue weighted by molar-refractivity contribution is 6.30. The maximum Gasteiger partial charge on any atom is 0.132 e. The first-order valence-electron chi connectivity index (χ1n) is 6.09. The van der Waals surface area contributed by atoms with Crippen LogP contribution in [0.2, 0.25) is 5.02 Å². The zero-order chi connectivity index (χ0) is 14.7. The average molecular weight is 298 g/mol. The second kappa shape index (κ2) is 6.20. The number of halogens is 3. The molecular weight excluding hydrogens is 284 g/mol. The Kier molecular flexibility index (Phi) is 4.57. The van der Waals surface area contributed by atoms with E-state index in [2.05, 4.69) is 0 Å². The summed E-state index contributed by atoms with van der Waals surface area (Å²) in [5, 5.41) is 0.529. The minimum atomic E-state index is -0.638. The van der Waals surface area contributed by atoms with E-state index in [4.69, 9.17) is 22.1 Å². The van der Waals surface area contributed by atoms with Crippen LogP contribution in [0.25, 0.3) is 0 Å². The molecule has 2 aromatic rings. The fourth-order valence-electron chi connectivity index (χ4n) is 1.83. The van der Waals surface area contributed by atoms with Crippen molar-refractivity contribution in [2.45, 2.75) is 19.6 Å². The topological polar surface area (TPSA) is 35.2 Å². The second-order valence-electron chi connectivity index (χ2n) is 4.46. The maximum atomic E-state index is 13.5. The van der Waals surface area contributed by atoms with Crippen molar-refractivity contribution >= 4 is 11.6 Å². The lowest BCUT2D eigenvalue weighted by atomic mass is 10.1. The third-order valence-electron chi connectivity index (χ3n) is 2.90. The minimum Gasteiger partial charge on any atom is -0.488 e. The molecule has 2 aromatic carbocycles. The lowest BCUT2D eigenvalue weighted by Crippen LogP contribution is -2.09. The third kappa shape index (κ3) is 3.26. The zero-order valence-electron chi connectivity index (χ0n) is 10.9. The van der Waals surface area contributed by atoms with Gasteiger partial charge >= 0.3 is 0 Å². The van der Waals surface area contributed by atoms with Crippen molar-refractivity contribution in [3.63, 3.8) is 0 Å². The van der Waals surface area contributed by atoms with Gasteiger partial charge in [0.2, 0.25) is 0 Å². The van der Waals surface area contributed by atoms with Gasteiger partial charge in [-0.25, -0.2) is 8.78 Å². The molecule has 5 heteroatoms. The number of hydrogen-bond acceptors (Lipinski definition) is 2. The molecule has 0 saturated heterocycles. The van der Waals surface area contributed by atoms with Gasteiger partial charge in [0.1, 0.15) is 24.0 Å². The smallest absolute Gasteiger partial charge is 0.132 e. The summed E-state index contributed by atoms with van der Waals surface area (Å²) in [6.45, 7) is 1.57. The molecule has 1 atom stereocenters. The first kappa shape index (κ1) is 14.8. The van der Waals surface area contributed by atoms with E-state index < -0.39 is 11.6 Å². The maximum absolute atomic E-state index is 13.5. The Morgan fingerprint density at radius 1 is 1.20 bits per heavy atom. The van der Waals surface area contributed by atoms with Gasteiger partial charge in [-0.15, -0.1) is 0 Å². The SMILES string of the molecule is C[C@H](N)c1cc(Cl)ccc1OCc1c(F)cccc1F. The van der Waals surface area contributed by atoms with Crippen LogP contribution in [0.3, 0.4) is 0 Å². The van der Waals surface area contributed by atoms with E-state index in [1.165, 1.54) is 18.2 Å². The van der Waals surface area contributed by atoms with Gasteiger partial charge in [0.15, 0.2) is 0 Å². The molecule has 2 N–H and O–H groups in total. The lowest BCUT2D eigenvalue weighted by molar-refractivity contribution is 0.288. The highest BCUT2D eigenvalue weighted by Gasteiger charge is 2.12. The van der Waals surface area contributed by atoms with E-state index in [0.29, 0.717) is 16.3 Å². The molecule has 0 aliphatic heterocycles. The summed E-state index contributed by atoms with van der Waals surface area (Å²) < 4.78 is 32.5. The summed E-state index contributed by atoms with van der Waals surface area (Å²) in [5.41, 5.74) is 6.40. The molecule has 0 fully saturated rings. The van der Waals surface area contributed by atoms with E-state index in [-0.39, 0.29) is 18.2 Å². The molecule has 0 aromatic heterocycles. The van der Waals surface area contributed by atoms with Gasteiger partial charge in [-0.05, 0) is 37.3 Å². The summed E-state index contributed by atoms with van der Waals surface area (Å²) in [4.78, 5) is 0. The summed E-state index contributed by atoms with van der Waals surface area (Å²) in [6.07, 6.45) is 0. The Hall–Kier alpha value is -1.65. The van der Waals surface area contributed by atoms with Crippen LogP contribution in [0.15, 0.2) is 36.4 Å². The summed E-state index contributed by atoms with van der Waals surface area (Å²) in [6, 6.07) is 8.35. The van der Waals surface area contributed by atoms with Crippen LogP contribution in [-0.2, 0) is 6.61 Å². The molecule has 0 radical (unpaired) electrons. The number of ether oxygens (including phenoxy) is 1. The zero-order valence-corrected chi connectivity index (χ0v) is 11.6. The van der Waals surface area contributed by atoms with Crippen LogP contribution in [-0.4, -0.2) is 0 Å². The van der Waals surface area contributed by atoms with Gasteiger partial charge in [0.25, 0.3) is 0 Å². The van der Waals surface area contributed by atoms with Gasteiger partial charge in [-0.3, -0.25) is 0 Å². The quantitative estimate of drug-likeness (QED) is 0.917. The second-order valence-corrected chi connectivity index (χ2v) is 4.90. The highest BCUT2D eigenvalue weighted by atomic mass is 35.5. The van der Waals surface area contributed by atoms with Crippen LogP contribution in [0.5, 0.6) is 5.75 Å². The number of nitrogens with two attached hydrogens (primary N) is 1.